The van der Waals surface area contributed by atoms with Gasteiger partial charge < -0.3 is 5.32 Å². The lowest BCUT2D eigenvalue weighted by molar-refractivity contribution is 0.619. The molecule has 2 rings (SSSR count). The highest BCUT2D eigenvalue weighted by Crippen LogP contribution is 2.24. The number of benzene rings is 2. The van der Waals surface area contributed by atoms with Gasteiger partial charge in [-0.15, -0.1) is 0 Å². The standard InChI is InChI=1S/C14H11Br3FN/c15-12-4-2-11(18)6-10(12)8-19-7-9-1-3-13(16)14(17)5-9/h1-6,19H,7-8H2. The second-order valence-corrected chi connectivity index (χ2v) is 6.65. The van der Waals surface area contributed by atoms with Crippen molar-refractivity contribution in [2.75, 3.05) is 0 Å². The minimum absolute atomic E-state index is 0.216. The maximum absolute atomic E-state index is 13.1. The van der Waals surface area contributed by atoms with Gasteiger partial charge in [-0.3, -0.25) is 0 Å². The van der Waals surface area contributed by atoms with Crippen molar-refractivity contribution in [3.63, 3.8) is 0 Å². The summed E-state index contributed by atoms with van der Waals surface area (Å²) in [5, 5.41) is 3.30. The second-order valence-electron chi connectivity index (χ2n) is 4.09. The zero-order valence-electron chi connectivity index (χ0n) is 9.89. The molecule has 5 heteroatoms. The third-order valence-corrected chi connectivity index (χ3v) is 5.29. The second kappa shape index (κ2) is 6.97. The lowest BCUT2D eigenvalue weighted by atomic mass is 10.2. The van der Waals surface area contributed by atoms with Gasteiger partial charge in [-0.05, 0) is 73.3 Å². The third kappa shape index (κ3) is 4.38. The van der Waals surface area contributed by atoms with Gasteiger partial charge in [-0.25, -0.2) is 4.39 Å². The Balaban J connectivity index is 1.96. The number of hydrogen-bond donors (Lipinski definition) is 1. The quantitative estimate of drug-likeness (QED) is 0.656. The molecule has 0 atom stereocenters. The van der Waals surface area contributed by atoms with E-state index in [1.807, 2.05) is 12.1 Å². The molecule has 1 nitrogen and oxygen atoms in total. The summed E-state index contributed by atoms with van der Waals surface area (Å²) in [5.74, 6) is -0.216. The van der Waals surface area contributed by atoms with Crippen LogP contribution in [0.1, 0.15) is 11.1 Å². The summed E-state index contributed by atoms with van der Waals surface area (Å²) in [6, 6.07) is 10.8. The van der Waals surface area contributed by atoms with Gasteiger partial charge in [0.1, 0.15) is 5.82 Å². The highest BCUT2D eigenvalue weighted by molar-refractivity contribution is 9.13. The van der Waals surface area contributed by atoms with Gasteiger partial charge in [0.05, 0.1) is 0 Å². The molecule has 0 aliphatic carbocycles. The van der Waals surface area contributed by atoms with Crippen molar-refractivity contribution in [3.05, 3.63) is 66.8 Å². The molecule has 0 heterocycles. The molecule has 2 aromatic rings. The van der Waals surface area contributed by atoms with E-state index in [9.17, 15) is 4.39 Å². The topological polar surface area (TPSA) is 12.0 Å². The molecular formula is C14H11Br3FN. The van der Waals surface area contributed by atoms with E-state index in [1.54, 1.807) is 6.07 Å². The molecular weight excluding hydrogens is 441 g/mol. The van der Waals surface area contributed by atoms with Crippen molar-refractivity contribution < 1.29 is 4.39 Å². The molecule has 19 heavy (non-hydrogen) atoms. The first-order valence-electron chi connectivity index (χ1n) is 5.65. The van der Waals surface area contributed by atoms with Gasteiger partial charge in [-0.1, -0.05) is 22.0 Å². The molecule has 0 amide bonds. The van der Waals surface area contributed by atoms with E-state index in [-0.39, 0.29) is 5.82 Å². The van der Waals surface area contributed by atoms with Crippen LogP contribution in [0.3, 0.4) is 0 Å². The SMILES string of the molecule is Fc1ccc(Br)c(CNCc2ccc(Br)c(Br)c2)c1. The highest BCUT2D eigenvalue weighted by atomic mass is 79.9. The van der Waals surface area contributed by atoms with Crippen LogP contribution >= 0.6 is 47.8 Å². The van der Waals surface area contributed by atoms with Crippen molar-refractivity contribution in [1.29, 1.82) is 0 Å². The van der Waals surface area contributed by atoms with Crippen molar-refractivity contribution in [2.45, 2.75) is 13.1 Å². The number of hydrogen-bond acceptors (Lipinski definition) is 1. The van der Waals surface area contributed by atoms with Crippen molar-refractivity contribution in [1.82, 2.24) is 5.32 Å². The zero-order valence-corrected chi connectivity index (χ0v) is 14.6. The molecule has 0 spiro atoms. The van der Waals surface area contributed by atoms with Crippen LogP contribution in [0.2, 0.25) is 0 Å². The van der Waals surface area contributed by atoms with Crippen LogP contribution in [0, 0.1) is 5.82 Å². The fraction of sp³-hybridized carbons (Fsp3) is 0.143. The summed E-state index contributed by atoms with van der Waals surface area (Å²) in [6.07, 6.45) is 0. The van der Waals surface area contributed by atoms with Gasteiger partial charge in [-0.2, -0.15) is 0 Å². The minimum Gasteiger partial charge on any atom is -0.309 e. The van der Waals surface area contributed by atoms with Crippen LogP contribution in [-0.2, 0) is 13.1 Å². The molecule has 1 N–H and O–H groups in total. The summed E-state index contributed by atoms with van der Waals surface area (Å²) >= 11 is 10.3. The molecule has 0 fully saturated rings. The molecule has 0 saturated heterocycles. The van der Waals surface area contributed by atoms with Gasteiger partial charge in [0, 0.05) is 26.5 Å². The fourth-order valence-electron chi connectivity index (χ4n) is 1.67. The summed E-state index contributed by atoms with van der Waals surface area (Å²) in [7, 11) is 0. The number of halogens is 4. The Morgan fingerprint density at radius 3 is 2.32 bits per heavy atom. The Labute approximate surface area is 137 Å². The van der Waals surface area contributed by atoms with E-state index in [1.165, 1.54) is 17.7 Å². The summed E-state index contributed by atoms with van der Waals surface area (Å²) in [4.78, 5) is 0. The van der Waals surface area contributed by atoms with Crippen LogP contribution in [-0.4, -0.2) is 0 Å². The summed E-state index contributed by atoms with van der Waals surface area (Å²) < 4.78 is 16.1. The van der Waals surface area contributed by atoms with Crippen LogP contribution < -0.4 is 5.32 Å². The zero-order chi connectivity index (χ0) is 13.8. The Morgan fingerprint density at radius 1 is 0.842 bits per heavy atom. The van der Waals surface area contributed by atoms with E-state index in [0.29, 0.717) is 6.54 Å². The molecule has 2 aromatic carbocycles. The Morgan fingerprint density at radius 2 is 1.58 bits per heavy atom. The van der Waals surface area contributed by atoms with Crippen LogP contribution in [0.5, 0.6) is 0 Å². The normalized spacial score (nSPS) is 10.7. The largest absolute Gasteiger partial charge is 0.309 e. The molecule has 100 valence electrons. The van der Waals surface area contributed by atoms with Crippen molar-refractivity contribution >= 4 is 47.8 Å². The summed E-state index contributed by atoms with van der Waals surface area (Å²) in [5.41, 5.74) is 2.08. The molecule has 0 radical (unpaired) electrons. The molecule has 0 aliphatic heterocycles. The van der Waals surface area contributed by atoms with Crippen molar-refractivity contribution in [3.8, 4) is 0 Å². The van der Waals surface area contributed by atoms with E-state index in [4.69, 9.17) is 0 Å². The first kappa shape index (κ1) is 15.2. The monoisotopic (exact) mass is 449 g/mol. The molecule has 0 saturated carbocycles. The number of nitrogens with one attached hydrogen (secondary N) is 1. The summed E-state index contributed by atoms with van der Waals surface area (Å²) in [6.45, 7) is 1.35. The maximum Gasteiger partial charge on any atom is 0.123 e. The molecule has 0 unspecified atom stereocenters. The van der Waals surface area contributed by atoms with Crippen LogP contribution in [0.4, 0.5) is 4.39 Å². The molecule has 0 aliphatic rings. The minimum atomic E-state index is -0.216. The van der Waals surface area contributed by atoms with E-state index in [0.717, 1.165) is 25.5 Å². The average Bonchev–Trinajstić information content (AvgIpc) is 2.38. The fourth-order valence-corrected chi connectivity index (χ4v) is 2.73. The van der Waals surface area contributed by atoms with E-state index < -0.39 is 0 Å². The van der Waals surface area contributed by atoms with E-state index in [2.05, 4.69) is 59.2 Å². The van der Waals surface area contributed by atoms with Crippen LogP contribution in [0.25, 0.3) is 0 Å². The van der Waals surface area contributed by atoms with E-state index >= 15 is 0 Å². The highest BCUT2D eigenvalue weighted by Gasteiger charge is 2.02. The third-order valence-electron chi connectivity index (χ3n) is 2.64. The predicted molar refractivity (Wildman–Crippen MR) is 86.5 cm³/mol. The number of rotatable bonds is 4. The molecule has 0 bridgehead atoms. The Hall–Kier alpha value is -0.230. The lowest BCUT2D eigenvalue weighted by Crippen LogP contribution is -2.13. The Kier molecular flexibility index (Phi) is 5.57. The van der Waals surface area contributed by atoms with Gasteiger partial charge in [0.15, 0.2) is 0 Å². The molecule has 0 aromatic heterocycles. The average molecular weight is 452 g/mol. The first-order valence-corrected chi connectivity index (χ1v) is 8.03. The smallest absolute Gasteiger partial charge is 0.123 e. The van der Waals surface area contributed by atoms with Crippen molar-refractivity contribution in [2.24, 2.45) is 0 Å². The van der Waals surface area contributed by atoms with Gasteiger partial charge in [0.25, 0.3) is 0 Å². The first-order chi connectivity index (χ1) is 9.06. The van der Waals surface area contributed by atoms with Gasteiger partial charge >= 0.3 is 0 Å². The van der Waals surface area contributed by atoms with Gasteiger partial charge in [0.2, 0.25) is 0 Å². The van der Waals surface area contributed by atoms with Crippen LogP contribution in [0.15, 0.2) is 49.8 Å². The lowest BCUT2D eigenvalue weighted by Gasteiger charge is -2.08. The maximum atomic E-state index is 13.1. The predicted octanol–water partition coefficient (Wildman–Crippen LogP) is 5.40. The Bertz CT molecular complexity index is 587.